The molecule has 1 amide bonds. The number of carbonyl (C=O) groups is 1. The van der Waals surface area contributed by atoms with Gasteiger partial charge in [-0.3, -0.25) is 9.89 Å². The van der Waals surface area contributed by atoms with Crippen LogP contribution in [0.1, 0.15) is 15.9 Å². The maximum Gasteiger partial charge on any atom is 0.416 e. The van der Waals surface area contributed by atoms with Crippen molar-refractivity contribution in [2.24, 2.45) is 5.73 Å². The molecule has 0 saturated heterocycles. The van der Waals surface area contributed by atoms with Crippen LogP contribution in [0, 0.1) is 0 Å². The number of anilines is 2. The van der Waals surface area contributed by atoms with Crippen molar-refractivity contribution < 1.29 is 18.0 Å². The summed E-state index contributed by atoms with van der Waals surface area (Å²) < 4.78 is 39.7. The monoisotopic (exact) mass is 346 g/mol. The van der Waals surface area contributed by atoms with Gasteiger partial charge in [-0.2, -0.15) is 18.3 Å². The molecule has 0 aliphatic carbocycles. The number of nitrogens with two attached hydrogens (primary N) is 1. The number of carbonyl (C=O) groups excluding carboxylic acids is 1. The largest absolute Gasteiger partial charge is 0.416 e. The zero-order valence-electron chi connectivity index (χ0n) is 12.8. The minimum Gasteiger partial charge on any atom is -0.366 e. The number of hydrogen-bond donors (Lipinski definition) is 3. The van der Waals surface area contributed by atoms with E-state index < -0.39 is 17.6 Å². The van der Waals surface area contributed by atoms with Crippen LogP contribution in [0.4, 0.5) is 24.7 Å². The second kappa shape index (κ2) is 6.31. The lowest BCUT2D eigenvalue weighted by Gasteiger charge is -2.18. The number of primary amides is 1. The summed E-state index contributed by atoms with van der Waals surface area (Å²) in [5.74, 6) is -0.551. The summed E-state index contributed by atoms with van der Waals surface area (Å²) >= 11 is 0. The molecule has 2 aromatic carbocycles. The summed E-state index contributed by atoms with van der Waals surface area (Å²) in [4.78, 5) is 11.8. The number of alkyl halides is 3. The summed E-state index contributed by atoms with van der Waals surface area (Å²) in [7, 11) is 0. The third-order valence-corrected chi connectivity index (χ3v) is 3.58. The van der Waals surface area contributed by atoms with Crippen LogP contribution < -0.4 is 11.1 Å². The van der Waals surface area contributed by atoms with Gasteiger partial charge in [-0.15, -0.1) is 0 Å². The number of aromatic nitrogens is 2. The number of H-pyrrole nitrogens is 1. The van der Waals surface area contributed by atoms with E-state index in [1.165, 1.54) is 6.20 Å². The molecule has 0 fully saturated rings. The number of hydrogen-bond acceptors (Lipinski definition) is 3. The molecule has 0 saturated carbocycles. The van der Waals surface area contributed by atoms with Crippen LogP contribution in [0.25, 0.3) is 11.1 Å². The maximum absolute atomic E-state index is 13.2. The van der Waals surface area contributed by atoms with E-state index in [-0.39, 0.29) is 16.8 Å². The van der Waals surface area contributed by atoms with Crippen LogP contribution in [-0.4, -0.2) is 16.1 Å². The number of nitrogens with zero attached hydrogens (tertiary/aromatic N) is 1. The summed E-state index contributed by atoms with van der Waals surface area (Å²) in [5.41, 5.74) is 5.02. The number of amides is 1. The average molecular weight is 346 g/mol. The number of benzene rings is 2. The fraction of sp³-hybridized carbons (Fsp3) is 0.0588. The molecular weight excluding hydrogens is 333 g/mol. The molecule has 1 heterocycles. The Morgan fingerprint density at radius 2 is 1.84 bits per heavy atom. The first-order valence-corrected chi connectivity index (χ1v) is 7.23. The number of nitrogens with one attached hydrogen (secondary N) is 2. The first kappa shape index (κ1) is 16.6. The second-order valence-corrected chi connectivity index (χ2v) is 5.27. The van der Waals surface area contributed by atoms with Crippen molar-refractivity contribution in [3.05, 3.63) is 65.9 Å². The Morgan fingerprint density at radius 1 is 1.12 bits per heavy atom. The van der Waals surface area contributed by atoms with E-state index in [0.29, 0.717) is 11.4 Å². The van der Waals surface area contributed by atoms with Crippen molar-refractivity contribution in [2.45, 2.75) is 6.18 Å². The minimum absolute atomic E-state index is 0.177. The van der Waals surface area contributed by atoms with Gasteiger partial charge in [-0.1, -0.05) is 30.3 Å². The summed E-state index contributed by atoms with van der Waals surface area (Å²) in [6.07, 6.45) is -3.14. The van der Waals surface area contributed by atoms with Crippen LogP contribution in [0.2, 0.25) is 0 Å². The Balaban J connectivity index is 2.27. The Labute approximate surface area is 140 Å². The molecule has 8 heteroatoms. The zero-order valence-corrected chi connectivity index (χ0v) is 12.8. The molecule has 5 nitrogen and oxygen atoms in total. The fourth-order valence-corrected chi connectivity index (χ4v) is 2.44. The van der Waals surface area contributed by atoms with Gasteiger partial charge in [0.1, 0.15) is 5.82 Å². The van der Waals surface area contributed by atoms with E-state index >= 15 is 0 Å². The highest BCUT2D eigenvalue weighted by Crippen LogP contribution is 2.39. The molecular formula is C17H13F3N4O. The molecule has 3 rings (SSSR count). The highest BCUT2D eigenvalue weighted by atomic mass is 19.4. The van der Waals surface area contributed by atoms with E-state index in [4.69, 9.17) is 5.73 Å². The molecule has 1 aromatic heterocycles. The molecule has 0 aliphatic heterocycles. The molecule has 0 spiro atoms. The molecule has 0 radical (unpaired) electrons. The lowest BCUT2D eigenvalue weighted by atomic mass is 9.96. The van der Waals surface area contributed by atoms with Crippen molar-refractivity contribution in [1.29, 1.82) is 0 Å². The Kier molecular flexibility index (Phi) is 4.18. The van der Waals surface area contributed by atoms with Gasteiger partial charge in [0.25, 0.3) is 5.91 Å². The van der Waals surface area contributed by atoms with Crippen LogP contribution in [-0.2, 0) is 6.18 Å². The zero-order chi connectivity index (χ0) is 18.0. The van der Waals surface area contributed by atoms with E-state index in [0.717, 1.165) is 12.1 Å². The molecule has 128 valence electrons. The summed E-state index contributed by atoms with van der Waals surface area (Å²) in [6, 6.07) is 11.7. The van der Waals surface area contributed by atoms with Crippen LogP contribution in [0.3, 0.4) is 0 Å². The first-order chi connectivity index (χ1) is 11.9. The van der Waals surface area contributed by atoms with Gasteiger partial charge in [0.2, 0.25) is 0 Å². The third-order valence-electron chi connectivity index (χ3n) is 3.58. The predicted octanol–water partition coefficient (Wildman–Crippen LogP) is 3.94. The normalized spacial score (nSPS) is 11.3. The van der Waals surface area contributed by atoms with Crippen molar-refractivity contribution in [3.63, 3.8) is 0 Å². The van der Waals surface area contributed by atoms with Crippen molar-refractivity contribution in [1.82, 2.24) is 10.2 Å². The molecule has 0 aliphatic rings. The molecule has 3 aromatic rings. The van der Waals surface area contributed by atoms with Gasteiger partial charge in [0.15, 0.2) is 0 Å². The highest BCUT2D eigenvalue weighted by Gasteiger charge is 2.33. The molecule has 25 heavy (non-hydrogen) atoms. The summed E-state index contributed by atoms with van der Waals surface area (Å²) in [5, 5.41) is 9.30. The molecule has 4 N–H and O–H groups in total. The average Bonchev–Trinajstić information content (AvgIpc) is 3.07. The Hall–Kier alpha value is -3.29. The van der Waals surface area contributed by atoms with Crippen LogP contribution in [0.15, 0.2) is 54.7 Å². The standard InChI is InChI=1S/C17H13F3N4O/c18-17(19,20)11-8-12(10-4-2-1-3-5-10)15(13(9-11)16(21)25)23-14-6-7-22-24-14/h1-9H,(H2,21,25)(H2,22,23,24). The van der Waals surface area contributed by atoms with E-state index in [1.54, 1.807) is 36.4 Å². The van der Waals surface area contributed by atoms with Gasteiger partial charge in [0.05, 0.1) is 23.0 Å². The molecule has 0 atom stereocenters. The van der Waals surface area contributed by atoms with E-state index in [1.807, 2.05) is 0 Å². The highest BCUT2D eigenvalue weighted by molar-refractivity contribution is 6.03. The lowest BCUT2D eigenvalue weighted by Crippen LogP contribution is -2.17. The van der Waals surface area contributed by atoms with E-state index in [9.17, 15) is 18.0 Å². The maximum atomic E-state index is 13.2. The topological polar surface area (TPSA) is 83.8 Å². The van der Waals surface area contributed by atoms with Crippen molar-refractivity contribution >= 4 is 17.4 Å². The third kappa shape index (κ3) is 3.47. The van der Waals surface area contributed by atoms with Gasteiger partial charge in [-0.25, -0.2) is 0 Å². The fourth-order valence-electron chi connectivity index (χ4n) is 2.44. The Bertz CT molecular complexity index is 890. The molecule has 0 unspecified atom stereocenters. The SMILES string of the molecule is NC(=O)c1cc(C(F)(F)F)cc(-c2ccccc2)c1Nc1ccn[nH]1. The second-order valence-electron chi connectivity index (χ2n) is 5.27. The quantitative estimate of drug-likeness (QED) is 0.669. The van der Waals surface area contributed by atoms with Gasteiger partial charge >= 0.3 is 6.18 Å². The number of aromatic amines is 1. The van der Waals surface area contributed by atoms with Crippen molar-refractivity contribution in [3.8, 4) is 11.1 Å². The number of halogens is 3. The van der Waals surface area contributed by atoms with Gasteiger partial charge in [-0.05, 0) is 17.7 Å². The first-order valence-electron chi connectivity index (χ1n) is 7.23. The van der Waals surface area contributed by atoms with E-state index in [2.05, 4.69) is 15.5 Å². The minimum atomic E-state index is -4.61. The Morgan fingerprint density at radius 3 is 2.40 bits per heavy atom. The van der Waals surface area contributed by atoms with Crippen LogP contribution >= 0.6 is 0 Å². The van der Waals surface area contributed by atoms with Gasteiger partial charge in [0, 0.05) is 11.6 Å². The smallest absolute Gasteiger partial charge is 0.366 e. The predicted molar refractivity (Wildman–Crippen MR) is 87.3 cm³/mol. The lowest BCUT2D eigenvalue weighted by molar-refractivity contribution is -0.137. The summed E-state index contributed by atoms with van der Waals surface area (Å²) in [6.45, 7) is 0. The van der Waals surface area contributed by atoms with Crippen molar-refractivity contribution in [2.75, 3.05) is 5.32 Å². The van der Waals surface area contributed by atoms with Crippen LogP contribution in [0.5, 0.6) is 0 Å². The van der Waals surface area contributed by atoms with Gasteiger partial charge < -0.3 is 11.1 Å². The molecule has 0 bridgehead atoms. The number of rotatable bonds is 4.